The van der Waals surface area contributed by atoms with Crippen LogP contribution in [0.3, 0.4) is 0 Å². The Morgan fingerprint density at radius 1 is 1.25 bits per heavy atom. The number of nitrogens with zero attached hydrogens (tertiary/aromatic N) is 3. The number of hydrogen-bond donors (Lipinski definition) is 1. The third-order valence-corrected chi connectivity index (χ3v) is 5.08. The van der Waals surface area contributed by atoms with Crippen molar-refractivity contribution in [2.24, 2.45) is 5.92 Å². The number of rotatable bonds is 3. The molecule has 0 aromatic heterocycles. The van der Waals surface area contributed by atoms with Crippen LogP contribution in [0.5, 0.6) is 0 Å². The van der Waals surface area contributed by atoms with Crippen molar-refractivity contribution >= 4 is 11.9 Å². The summed E-state index contributed by atoms with van der Waals surface area (Å²) in [4.78, 5) is 28.7. The zero-order chi connectivity index (χ0) is 17.3. The molecule has 6 heteroatoms. The fourth-order valence-electron chi connectivity index (χ4n) is 3.30. The normalized spacial score (nSPS) is 25.6. The third kappa shape index (κ3) is 2.87. The molecule has 2 fully saturated rings. The standard InChI is InChI=1S/C18H22N4O2/c1-13-7-9-21(10-8-13)12-22-16(23)18(2,20-17(22)24)15-5-3-14(11-19)4-6-15/h3-6,13H,7-10,12H2,1-2H3,(H,20,24)/t18-/m0/s1. The van der Waals surface area contributed by atoms with Gasteiger partial charge < -0.3 is 5.32 Å². The lowest BCUT2D eigenvalue weighted by atomic mass is 9.91. The van der Waals surface area contributed by atoms with E-state index in [4.69, 9.17) is 5.26 Å². The van der Waals surface area contributed by atoms with Crippen molar-refractivity contribution < 1.29 is 9.59 Å². The lowest BCUT2D eigenvalue weighted by Gasteiger charge is -2.32. The van der Waals surface area contributed by atoms with Crippen LogP contribution in [0.1, 0.15) is 37.8 Å². The summed E-state index contributed by atoms with van der Waals surface area (Å²) in [6, 6.07) is 8.47. The van der Waals surface area contributed by atoms with E-state index in [0.29, 0.717) is 23.7 Å². The van der Waals surface area contributed by atoms with Gasteiger partial charge in [-0.3, -0.25) is 9.69 Å². The molecule has 2 aliphatic rings. The molecule has 0 spiro atoms. The average Bonchev–Trinajstić information content (AvgIpc) is 2.81. The number of urea groups is 1. The SMILES string of the molecule is CC1CCN(CN2C(=O)N[C@@](C)(c3ccc(C#N)cc3)C2=O)CC1. The summed E-state index contributed by atoms with van der Waals surface area (Å²) in [5, 5.41) is 11.7. The first-order valence-corrected chi connectivity index (χ1v) is 8.31. The minimum atomic E-state index is -1.08. The Hall–Kier alpha value is -2.39. The summed E-state index contributed by atoms with van der Waals surface area (Å²) < 4.78 is 0. The maximum atomic E-state index is 12.9. The number of piperidine rings is 1. The summed E-state index contributed by atoms with van der Waals surface area (Å²) in [5.74, 6) is 0.462. The van der Waals surface area contributed by atoms with Gasteiger partial charge in [0.2, 0.25) is 0 Å². The van der Waals surface area contributed by atoms with E-state index in [2.05, 4.69) is 23.2 Å². The Morgan fingerprint density at radius 2 is 1.88 bits per heavy atom. The molecule has 0 saturated carbocycles. The molecular formula is C18H22N4O2. The van der Waals surface area contributed by atoms with Gasteiger partial charge in [-0.2, -0.15) is 5.26 Å². The highest BCUT2D eigenvalue weighted by Crippen LogP contribution is 2.29. The molecule has 2 saturated heterocycles. The summed E-state index contributed by atoms with van der Waals surface area (Å²) in [6.45, 7) is 6.10. The molecule has 1 aromatic carbocycles. The van der Waals surface area contributed by atoms with Crippen LogP contribution in [0.4, 0.5) is 4.79 Å². The monoisotopic (exact) mass is 326 g/mol. The Balaban J connectivity index is 1.76. The van der Waals surface area contributed by atoms with Crippen LogP contribution in [0.2, 0.25) is 0 Å². The van der Waals surface area contributed by atoms with Crippen molar-refractivity contribution in [3.63, 3.8) is 0 Å². The minimum Gasteiger partial charge on any atom is -0.319 e. The summed E-state index contributed by atoms with van der Waals surface area (Å²) >= 11 is 0. The van der Waals surface area contributed by atoms with Gasteiger partial charge in [-0.1, -0.05) is 19.1 Å². The van der Waals surface area contributed by atoms with E-state index in [1.54, 1.807) is 31.2 Å². The quantitative estimate of drug-likeness (QED) is 0.862. The Morgan fingerprint density at radius 3 is 2.46 bits per heavy atom. The molecule has 2 aliphatic heterocycles. The van der Waals surface area contributed by atoms with Gasteiger partial charge in [0.15, 0.2) is 0 Å². The van der Waals surface area contributed by atoms with Gasteiger partial charge in [0.25, 0.3) is 5.91 Å². The van der Waals surface area contributed by atoms with Crippen LogP contribution >= 0.6 is 0 Å². The molecule has 126 valence electrons. The van der Waals surface area contributed by atoms with Crippen molar-refractivity contribution in [3.8, 4) is 6.07 Å². The first kappa shape index (κ1) is 16.5. The Kier molecular flexibility index (Phi) is 4.29. The van der Waals surface area contributed by atoms with Crippen molar-refractivity contribution in [3.05, 3.63) is 35.4 Å². The maximum Gasteiger partial charge on any atom is 0.326 e. The van der Waals surface area contributed by atoms with E-state index in [-0.39, 0.29) is 11.9 Å². The van der Waals surface area contributed by atoms with Gasteiger partial charge >= 0.3 is 6.03 Å². The number of carbonyl (C=O) groups is 2. The molecule has 0 unspecified atom stereocenters. The van der Waals surface area contributed by atoms with Gasteiger partial charge in [-0.05, 0) is 43.4 Å². The number of carbonyl (C=O) groups excluding carboxylic acids is 2. The van der Waals surface area contributed by atoms with Gasteiger partial charge in [-0.15, -0.1) is 0 Å². The zero-order valence-corrected chi connectivity index (χ0v) is 14.1. The second-order valence-corrected chi connectivity index (χ2v) is 6.92. The van der Waals surface area contributed by atoms with Crippen molar-refractivity contribution in [1.29, 1.82) is 5.26 Å². The lowest BCUT2D eigenvalue weighted by molar-refractivity contribution is -0.132. The molecule has 3 amide bonds. The molecule has 0 bridgehead atoms. The summed E-state index contributed by atoms with van der Waals surface area (Å²) in [7, 11) is 0. The molecular weight excluding hydrogens is 304 g/mol. The largest absolute Gasteiger partial charge is 0.326 e. The minimum absolute atomic E-state index is 0.240. The Bertz CT molecular complexity index is 686. The van der Waals surface area contributed by atoms with Crippen LogP contribution in [0, 0.1) is 17.2 Å². The molecule has 24 heavy (non-hydrogen) atoms. The molecule has 1 N–H and O–H groups in total. The number of amides is 3. The third-order valence-electron chi connectivity index (χ3n) is 5.08. The lowest BCUT2D eigenvalue weighted by Crippen LogP contribution is -2.46. The fourth-order valence-corrected chi connectivity index (χ4v) is 3.30. The molecule has 2 heterocycles. The van der Waals surface area contributed by atoms with Crippen LogP contribution in [-0.2, 0) is 10.3 Å². The fraction of sp³-hybridized carbons (Fsp3) is 0.500. The van der Waals surface area contributed by atoms with E-state index in [9.17, 15) is 9.59 Å². The predicted octanol–water partition coefficient (Wildman–Crippen LogP) is 2.01. The molecule has 1 aromatic rings. The number of likely N-dealkylation sites (tertiary alicyclic amines) is 1. The van der Waals surface area contributed by atoms with Crippen LogP contribution < -0.4 is 5.32 Å². The highest BCUT2D eigenvalue weighted by atomic mass is 16.2. The van der Waals surface area contributed by atoms with Crippen molar-refractivity contribution in [2.75, 3.05) is 19.8 Å². The molecule has 0 radical (unpaired) electrons. The van der Waals surface area contributed by atoms with Crippen LogP contribution in [0.25, 0.3) is 0 Å². The first-order valence-electron chi connectivity index (χ1n) is 8.31. The van der Waals surface area contributed by atoms with E-state index in [1.807, 2.05) is 0 Å². The number of hydrogen-bond acceptors (Lipinski definition) is 4. The highest BCUT2D eigenvalue weighted by molar-refractivity contribution is 6.07. The highest BCUT2D eigenvalue weighted by Gasteiger charge is 2.49. The predicted molar refractivity (Wildman–Crippen MR) is 88.7 cm³/mol. The topological polar surface area (TPSA) is 76.4 Å². The molecule has 0 aliphatic carbocycles. The zero-order valence-electron chi connectivity index (χ0n) is 14.1. The van der Waals surface area contributed by atoms with E-state index >= 15 is 0 Å². The maximum absolute atomic E-state index is 12.9. The average molecular weight is 326 g/mol. The summed E-state index contributed by atoms with van der Waals surface area (Å²) in [5.41, 5.74) is 0.141. The van der Waals surface area contributed by atoms with Crippen molar-refractivity contribution in [1.82, 2.24) is 15.1 Å². The number of imide groups is 1. The number of nitriles is 1. The second kappa shape index (κ2) is 6.25. The smallest absolute Gasteiger partial charge is 0.319 e. The van der Waals surface area contributed by atoms with Crippen LogP contribution in [-0.4, -0.2) is 41.5 Å². The van der Waals surface area contributed by atoms with Gasteiger partial charge in [0, 0.05) is 13.1 Å². The van der Waals surface area contributed by atoms with E-state index in [1.165, 1.54) is 4.90 Å². The molecule has 1 atom stereocenters. The first-order chi connectivity index (χ1) is 11.4. The van der Waals surface area contributed by atoms with Gasteiger partial charge in [0.05, 0.1) is 18.3 Å². The van der Waals surface area contributed by atoms with Gasteiger partial charge in [0.1, 0.15) is 5.54 Å². The number of benzene rings is 1. The van der Waals surface area contributed by atoms with E-state index < -0.39 is 5.54 Å². The molecule has 3 rings (SSSR count). The number of nitrogens with one attached hydrogen (secondary N) is 1. The second-order valence-electron chi connectivity index (χ2n) is 6.92. The Labute approximate surface area is 142 Å². The van der Waals surface area contributed by atoms with Gasteiger partial charge in [-0.25, -0.2) is 9.69 Å². The van der Waals surface area contributed by atoms with Crippen LogP contribution in [0.15, 0.2) is 24.3 Å². The van der Waals surface area contributed by atoms with E-state index in [0.717, 1.165) is 25.9 Å². The van der Waals surface area contributed by atoms with Crippen molar-refractivity contribution in [2.45, 2.75) is 32.2 Å². The molecule has 6 nitrogen and oxygen atoms in total. The summed E-state index contributed by atoms with van der Waals surface area (Å²) in [6.07, 6.45) is 2.19.